The van der Waals surface area contributed by atoms with Gasteiger partial charge in [-0.15, -0.1) is 0 Å². The Kier molecular flexibility index (Phi) is 5.21. The van der Waals surface area contributed by atoms with Gasteiger partial charge in [0.05, 0.1) is 12.2 Å². The molecule has 0 amide bonds. The van der Waals surface area contributed by atoms with Crippen LogP contribution in [0.4, 0.5) is 0 Å². The minimum atomic E-state index is 0.500. The minimum absolute atomic E-state index is 0.500. The van der Waals surface area contributed by atoms with Gasteiger partial charge in [-0.25, -0.2) is 0 Å². The lowest BCUT2D eigenvalue weighted by atomic mass is 9.75. The van der Waals surface area contributed by atoms with Crippen molar-refractivity contribution in [3.8, 4) is 0 Å². The van der Waals surface area contributed by atoms with Crippen molar-refractivity contribution in [3.05, 3.63) is 29.6 Å². The molecular formula is C17H28N4. The summed E-state index contributed by atoms with van der Waals surface area (Å²) in [5.74, 6) is 0.879. The van der Waals surface area contributed by atoms with Crippen molar-refractivity contribution in [1.82, 2.24) is 15.6 Å². The van der Waals surface area contributed by atoms with Crippen LogP contribution in [0.2, 0.25) is 0 Å². The van der Waals surface area contributed by atoms with Gasteiger partial charge in [-0.3, -0.25) is 9.98 Å². The Morgan fingerprint density at radius 1 is 1.38 bits per heavy atom. The Balaban J connectivity index is 1.83. The summed E-state index contributed by atoms with van der Waals surface area (Å²) in [6.07, 6.45) is 6.83. The molecule has 0 radical (unpaired) electrons. The highest BCUT2D eigenvalue weighted by atomic mass is 15.2. The molecule has 0 atom stereocenters. The van der Waals surface area contributed by atoms with Gasteiger partial charge < -0.3 is 10.6 Å². The number of hydrogen-bond acceptors (Lipinski definition) is 2. The van der Waals surface area contributed by atoms with E-state index < -0.39 is 0 Å². The van der Waals surface area contributed by atoms with Gasteiger partial charge in [0.2, 0.25) is 0 Å². The van der Waals surface area contributed by atoms with E-state index in [1.54, 1.807) is 0 Å². The number of nitrogens with zero attached hydrogens (tertiary/aromatic N) is 2. The molecule has 4 nitrogen and oxygen atoms in total. The first kappa shape index (κ1) is 15.8. The second-order valence-electron chi connectivity index (χ2n) is 6.78. The zero-order chi connectivity index (χ0) is 15.3. The number of aryl methyl sites for hydroxylation is 1. The Morgan fingerprint density at radius 2 is 2.10 bits per heavy atom. The normalized spacial score (nSPS) is 19.3. The van der Waals surface area contributed by atoms with Crippen molar-refractivity contribution in [1.29, 1.82) is 0 Å². The van der Waals surface area contributed by atoms with Gasteiger partial charge in [0.1, 0.15) is 0 Å². The lowest BCUT2D eigenvalue weighted by molar-refractivity contribution is 0.216. The molecule has 1 aliphatic carbocycles. The Hall–Kier alpha value is -1.58. The molecule has 4 heteroatoms. The zero-order valence-electron chi connectivity index (χ0n) is 13.7. The van der Waals surface area contributed by atoms with Crippen molar-refractivity contribution in [2.24, 2.45) is 10.4 Å². The van der Waals surface area contributed by atoms with Gasteiger partial charge in [0, 0.05) is 19.3 Å². The molecule has 0 saturated heterocycles. The minimum Gasteiger partial charge on any atom is -0.354 e. The van der Waals surface area contributed by atoms with Crippen LogP contribution in [0.5, 0.6) is 0 Å². The average molecular weight is 288 g/mol. The first-order valence-corrected chi connectivity index (χ1v) is 7.88. The maximum atomic E-state index is 4.41. The highest BCUT2D eigenvalue weighted by molar-refractivity contribution is 5.79. The average Bonchev–Trinajstić information content (AvgIpc) is 2.46. The van der Waals surface area contributed by atoms with Gasteiger partial charge in [-0.2, -0.15) is 0 Å². The molecule has 0 spiro atoms. The second kappa shape index (κ2) is 6.92. The van der Waals surface area contributed by atoms with Crippen molar-refractivity contribution in [3.63, 3.8) is 0 Å². The summed E-state index contributed by atoms with van der Waals surface area (Å²) in [5, 5.41) is 6.92. The molecule has 0 bridgehead atoms. The SMILES string of the molecule is CN=C(NCc1ncccc1C)NC1CCC(C)(C)CC1. The van der Waals surface area contributed by atoms with Crippen LogP contribution in [0.25, 0.3) is 0 Å². The van der Waals surface area contributed by atoms with E-state index in [1.165, 1.54) is 31.2 Å². The van der Waals surface area contributed by atoms with E-state index in [2.05, 4.69) is 47.4 Å². The van der Waals surface area contributed by atoms with Crippen molar-refractivity contribution in [2.75, 3.05) is 7.05 Å². The van der Waals surface area contributed by atoms with Crippen LogP contribution < -0.4 is 10.6 Å². The van der Waals surface area contributed by atoms with Gasteiger partial charge in [-0.1, -0.05) is 19.9 Å². The van der Waals surface area contributed by atoms with E-state index in [-0.39, 0.29) is 0 Å². The van der Waals surface area contributed by atoms with E-state index in [0.29, 0.717) is 18.0 Å². The fraction of sp³-hybridized carbons (Fsp3) is 0.647. The first-order valence-electron chi connectivity index (χ1n) is 7.88. The van der Waals surface area contributed by atoms with Crippen LogP contribution in [0.3, 0.4) is 0 Å². The lowest BCUT2D eigenvalue weighted by Gasteiger charge is -2.35. The van der Waals surface area contributed by atoms with E-state index in [4.69, 9.17) is 0 Å². The molecule has 1 saturated carbocycles. The number of aromatic nitrogens is 1. The number of aliphatic imine (C=N–C) groups is 1. The molecule has 2 rings (SSSR count). The maximum absolute atomic E-state index is 4.41. The number of hydrogen-bond donors (Lipinski definition) is 2. The topological polar surface area (TPSA) is 49.3 Å². The summed E-state index contributed by atoms with van der Waals surface area (Å²) in [4.78, 5) is 8.73. The molecule has 1 fully saturated rings. The number of pyridine rings is 1. The third-order valence-electron chi connectivity index (χ3n) is 4.44. The smallest absolute Gasteiger partial charge is 0.191 e. The lowest BCUT2D eigenvalue weighted by Crippen LogP contribution is -2.45. The number of rotatable bonds is 3. The van der Waals surface area contributed by atoms with Gasteiger partial charge in [0.25, 0.3) is 0 Å². The van der Waals surface area contributed by atoms with E-state index >= 15 is 0 Å². The first-order chi connectivity index (χ1) is 10.00. The van der Waals surface area contributed by atoms with Gasteiger partial charge >= 0.3 is 0 Å². The van der Waals surface area contributed by atoms with E-state index in [1.807, 2.05) is 19.3 Å². The van der Waals surface area contributed by atoms with Gasteiger partial charge in [-0.05, 0) is 49.7 Å². The summed E-state index contributed by atoms with van der Waals surface area (Å²) >= 11 is 0. The van der Waals surface area contributed by atoms with Crippen LogP contribution in [0, 0.1) is 12.3 Å². The third kappa shape index (κ3) is 4.73. The number of guanidine groups is 1. The van der Waals surface area contributed by atoms with Crippen molar-refractivity contribution >= 4 is 5.96 Å². The Bertz CT molecular complexity index is 483. The molecule has 0 unspecified atom stereocenters. The zero-order valence-corrected chi connectivity index (χ0v) is 13.7. The summed E-state index contributed by atoms with van der Waals surface area (Å²) in [6, 6.07) is 4.59. The van der Waals surface area contributed by atoms with Crippen LogP contribution in [0.1, 0.15) is 50.8 Å². The Labute approximate surface area is 128 Å². The van der Waals surface area contributed by atoms with E-state index in [0.717, 1.165) is 11.7 Å². The van der Waals surface area contributed by atoms with Crippen molar-refractivity contribution in [2.45, 2.75) is 59.0 Å². The monoisotopic (exact) mass is 288 g/mol. The second-order valence-corrected chi connectivity index (χ2v) is 6.78. The molecule has 1 aliphatic rings. The maximum Gasteiger partial charge on any atom is 0.191 e. The molecular weight excluding hydrogens is 260 g/mol. The third-order valence-corrected chi connectivity index (χ3v) is 4.44. The number of nitrogens with one attached hydrogen (secondary N) is 2. The molecule has 116 valence electrons. The van der Waals surface area contributed by atoms with Crippen LogP contribution in [0.15, 0.2) is 23.3 Å². The summed E-state index contributed by atoms with van der Waals surface area (Å²) in [5.41, 5.74) is 2.78. The standard InChI is InChI=1S/C17H28N4/c1-13-6-5-11-19-15(13)12-20-16(18-4)21-14-7-9-17(2,3)10-8-14/h5-6,11,14H,7-10,12H2,1-4H3,(H2,18,20,21). The molecule has 0 aromatic carbocycles. The summed E-state index contributed by atoms with van der Waals surface area (Å²) in [7, 11) is 1.83. The fourth-order valence-corrected chi connectivity index (χ4v) is 2.80. The predicted molar refractivity (Wildman–Crippen MR) is 88.3 cm³/mol. The fourth-order valence-electron chi connectivity index (χ4n) is 2.80. The Morgan fingerprint density at radius 3 is 2.71 bits per heavy atom. The molecule has 2 N–H and O–H groups in total. The molecule has 0 aliphatic heterocycles. The molecule has 21 heavy (non-hydrogen) atoms. The quantitative estimate of drug-likeness (QED) is 0.664. The summed E-state index contributed by atoms with van der Waals surface area (Å²) in [6.45, 7) is 7.52. The summed E-state index contributed by atoms with van der Waals surface area (Å²) < 4.78 is 0. The molecule has 1 aromatic rings. The van der Waals surface area contributed by atoms with E-state index in [9.17, 15) is 0 Å². The van der Waals surface area contributed by atoms with Crippen LogP contribution in [-0.2, 0) is 6.54 Å². The molecule has 1 aromatic heterocycles. The van der Waals surface area contributed by atoms with Gasteiger partial charge in [0.15, 0.2) is 5.96 Å². The van der Waals surface area contributed by atoms with Crippen LogP contribution >= 0.6 is 0 Å². The highest BCUT2D eigenvalue weighted by Gasteiger charge is 2.27. The van der Waals surface area contributed by atoms with Crippen LogP contribution in [-0.4, -0.2) is 24.0 Å². The van der Waals surface area contributed by atoms with Crippen molar-refractivity contribution < 1.29 is 0 Å². The predicted octanol–water partition coefficient (Wildman–Crippen LogP) is 3.02. The molecule has 1 heterocycles. The highest BCUT2D eigenvalue weighted by Crippen LogP contribution is 2.34. The largest absolute Gasteiger partial charge is 0.354 e.